The lowest BCUT2D eigenvalue weighted by Gasteiger charge is -2.12. The normalized spacial score (nSPS) is 12.5. The maximum absolute atomic E-state index is 11.6. The van der Waals surface area contributed by atoms with Crippen molar-refractivity contribution in [2.75, 3.05) is 5.33 Å². The van der Waals surface area contributed by atoms with Crippen LogP contribution in [0.5, 0.6) is 0 Å². The molecule has 1 rings (SSSR count). The van der Waals surface area contributed by atoms with Crippen molar-refractivity contribution in [3.63, 3.8) is 0 Å². The van der Waals surface area contributed by atoms with Crippen LogP contribution in [0.4, 0.5) is 0 Å². The quantitative estimate of drug-likeness (QED) is 0.849. The zero-order valence-electron chi connectivity index (χ0n) is 7.72. The molecule has 14 heavy (non-hydrogen) atoms. The molecule has 0 saturated carbocycles. The summed E-state index contributed by atoms with van der Waals surface area (Å²) in [6.07, 6.45) is 0.903. The molecule has 0 aliphatic heterocycles. The van der Waals surface area contributed by atoms with E-state index in [0.29, 0.717) is 9.90 Å². The van der Waals surface area contributed by atoms with Crippen LogP contribution in [0.25, 0.3) is 0 Å². The second-order valence-corrected chi connectivity index (χ2v) is 4.80. The Morgan fingerprint density at radius 1 is 1.79 bits per heavy atom. The third-order valence-electron chi connectivity index (χ3n) is 1.84. The highest BCUT2D eigenvalue weighted by Gasteiger charge is 2.14. The van der Waals surface area contributed by atoms with Gasteiger partial charge in [0, 0.05) is 11.4 Å². The Bertz CT molecular complexity index is 312. The smallest absolute Gasteiger partial charge is 0.263 e. The zero-order chi connectivity index (χ0) is 10.6. The van der Waals surface area contributed by atoms with E-state index in [9.17, 15) is 4.79 Å². The van der Waals surface area contributed by atoms with Gasteiger partial charge in [-0.2, -0.15) is 0 Å². The number of amides is 1. The summed E-state index contributed by atoms with van der Waals surface area (Å²) in [5, 5.41) is 6.00. The minimum atomic E-state index is -0.0868. The van der Waals surface area contributed by atoms with Gasteiger partial charge in [-0.15, -0.1) is 11.3 Å². The van der Waals surface area contributed by atoms with Crippen LogP contribution in [0.15, 0.2) is 11.4 Å². The van der Waals surface area contributed by atoms with Crippen LogP contribution in [0.3, 0.4) is 0 Å². The highest BCUT2D eigenvalue weighted by molar-refractivity contribution is 9.09. The summed E-state index contributed by atoms with van der Waals surface area (Å²) in [5.41, 5.74) is 0. The predicted octanol–water partition coefficient (Wildman–Crippen LogP) is 3.30. The maximum Gasteiger partial charge on any atom is 0.263 e. The first kappa shape index (κ1) is 12.0. The van der Waals surface area contributed by atoms with Crippen molar-refractivity contribution in [1.29, 1.82) is 0 Å². The van der Waals surface area contributed by atoms with Crippen LogP contribution in [0.2, 0.25) is 5.02 Å². The van der Waals surface area contributed by atoms with Gasteiger partial charge in [0.1, 0.15) is 4.88 Å². The standard InChI is InChI=1S/C9H11BrClNOS/c1-2-6(5-10)12-9(13)8-7(11)3-4-14-8/h3-4,6H,2,5H2,1H3,(H,12,13). The third kappa shape index (κ3) is 2.97. The second-order valence-electron chi connectivity index (χ2n) is 2.83. The van der Waals surface area contributed by atoms with Crippen LogP contribution in [-0.2, 0) is 0 Å². The van der Waals surface area contributed by atoms with Crippen molar-refractivity contribution in [2.24, 2.45) is 0 Å². The number of hydrogen-bond donors (Lipinski definition) is 1. The van der Waals surface area contributed by atoms with E-state index in [1.807, 2.05) is 12.3 Å². The fraction of sp³-hybridized carbons (Fsp3) is 0.444. The van der Waals surface area contributed by atoms with Crippen molar-refractivity contribution < 1.29 is 4.79 Å². The lowest BCUT2D eigenvalue weighted by molar-refractivity contribution is 0.0944. The van der Waals surface area contributed by atoms with Gasteiger partial charge < -0.3 is 5.32 Å². The minimum absolute atomic E-state index is 0.0868. The number of halogens is 2. The summed E-state index contributed by atoms with van der Waals surface area (Å²) in [6.45, 7) is 2.03. The Kier molecular flexibility index (Phi) is 4.92. The molecule has 1 heterocycles. The number of rotatable bonds is 4. The van der Waals surface area contributed by atoms with E-state index in [2.05, 4.69) is 21.2 Å². The van der Waals surface area contributed by atoms with Crippen molar-refractivity contribution in [2.45, 2.75) is 19.4 Å². The van der Waals surface area contributed by atoms with Gasteiger partial charge in [-0.3, -0.25) is 4.79 Å². The SMILES string of the molecule is CCC(CBr)NC(=O)c1sccc1Cl. The van der Waals surface area contributed by atoms with Gasteiger partial charge >= 0.3 is 0 Å². The van der Waals surface area contributed by atoms with Crippen LogP contribution >= 0.6 is 38.9 Å². The molecule has 0 aliphatic carbocycles. The number of thiophene rings is 1. The topological polar surface area (TPSA) is 29.1 Å². The number of alkyl halides is 1. The lowest BCUT2D eigenvalue weighted by atomic mass is 10.2. The molecule has 0 aliphatic rings. The third-order valence-corrected chi connectivity index (χ3v) is 3.96. The molecule has 78 valence electrons. The fourth-order valence-electron chi connectivity index (χ4n) is 0.956. The molecule has 0 spiro atoms. The average Bonchev–Trinajstić information content (AvgIpc) is 2.60. The fourth-order valence-corrected chi connectivity index (χ4v) is 2.62. The molecule has 1 atom stereocenters. The second kappa shape index (κ2) is 5.73. The number of hydrogen-bond acceptors (Lipinski definition) is 2. The van der Waals surface area contributed by atoms with Gasteiger partial charge in [-0.1, -0.05) is 34.5 Å². The first-order valence-corrected chi connectivity index (χ1v) is 6.66. The first-order valence-electron chi connectivity index (χ1n) is 4.28. The summed E-state index contributed by atoms with van der Waals surface area (Å²) in [5.74, 6) is -0.0868. The predicted molar refractivity (Wildman–Crippen MR) is 64.7 cm³/mol. The van der Waals surface area contributed by atoms with Gasteiger partial charge in [-0.25, -0.2) is 0 Å². The molecule has 1 aromatic rings. The molecule has 0 bridgehead atoms. The Balaban J connectivity index is 2.63. The highest BCUT2D eigenvalue weighted by atomic mass is 79.9. The van der Waals surface area contributed by atoms with Gasteiger partial charge in [0.2, 0.25) is 0 Å². The molecule has 1 N–H and O–H groups in total. The van der Waals surface area contributed by atoms with Crippen molar-refractivity contribution in [3.8, 4) is 0 Å². The van der Waals surface area contributed by atoms with E-state index in [1.54, 1.807) is 6.07 Å². The zero-order valence-corrected chi connectivity index (χ0v) is 10.9. The molecule has 1 aromatic heterocycles. The number of carbonyl (C=O) groups excluding carboxylic acids is 1. The van der Waals surface area contributed by atoms with Crippen molar-refractivity contribution in [1.82, 2.24) is 5.32 Å². The van der Waals surface area contributed by atoms with Gasteiger partial charge in [0.15, 0.2) is 0 Å². The maximum atomic E-state index is 11.6. The molecular formula is C9H11BrClNOS. The van der Waals surface area contributed by atoms with E-state index in [0.717, 1.165) is 11.8 Å². The molecule has 0 fully saturated rings. The number of carbonyl (C=O) groups is 1. The van der Waals surface area contributed by atoms with E-state index < -0.39 is 0 Å². The van der Waals surface area contributed by atoms with Crippen molar-refractivity contribution in [3.05, 3.63) is 21.3 Å². The summed E-state index contributed by atoms with van der Waals surface area (Å²) < 4.78 is 0. The van der Waals surface area contributed by atoms with Gasteiger partial charge in [-0.05, 0) is 17.9 Å². The van der Waals surface area contributed by atoms with E-state index in [-0.39, 0.29) is 11.9 Å². The molecular weight excluding hydrogens is 286 g/mol. The van der Waals surface area contributed by atoms with Gasteiger partial charge in [0.25, 0.3) is 5.91 Å². The van der Waals surface area contributed by atoms with E-state index in [1.165, 1.54) is 11.3 Å². The van der Waals surface area contributed by atoms with E-state index >= 15 is 0 Å². The molecule has 0 aromatic carbocycles. The lowest BCUT2D eigenvalue weighted by Crippen LogP contribution is -2.35. The monoisotopic (exact) mass is 295 g/mol. The van der Waals surface area contributed by atoms with Crippen LogP contribution < -0.4 is 5.32 Å². The average molecular weight is 297 g/mol. The number of nitrogens with one attached hydrogen (secondary N) is 1. The Morgan fingerprint density at radius 3 is 2.93 bits per heavy atom. The highest BCUT2D eigenvalue weighted by Crippen LogP contribution is 2.21. The molecule has 0 radical (unpaired) electrons. The summed E-state index contributed by atoms with van der Waals surface area (Å²) in [4.78, 5) is 12.2. The minimum Gasteiger partial charge on any atom is -0.348 e. The van der Waals surface area contributed by atoms with Gasteiger partial charge in [0.05, 0.1) is 5.02 Å². The van der Waals surface area contributed by atoms with E-state index in [4.69, 9.17) is 11.6 Å². The molecule has 2 nitrogen and oxygen atoms in total. The largest absolute Gasteiger partial charge is 0.348 e. The van der Waals surface area contributed by atoms with Crippen LogP contribution in [0, 0.1) is 0 Å². The summed E-state index contributed by atoms with van der Waals surface area (Å²) in [7, 11) is 0. The van der Waals surface area contributed by atoms with Crippen LogP contribution in [-0.4, -0.2) is 17.3 Å². The Morgan fingerprint density at radius 2 is 2.50 bits per heavy atom. The molecule has 5 heteroatoms. The Labute approximate surface area is 101 Å². The van der Waals surface area contributed by atoms with Crippen molar-refractivity contribution >= 4 is 44.8 Å². The van der Waals surface area contributed by atoms with Crippen LogP contribution in [0.1, 0.15) is 23.0 Å². The molecule has 0 saturated heterocycles. The summed E-state index contributed by atoms with van der Waals surface area (Å²) in [6, 6.07) is 1.90. The molecule has 1 amide bonds. The summed E-state index contributed by atoms with van der Waals surface area (Å²) >= 11 is 10.5. The first-order chi connectivity index (χ1) is 6.69. The Hall–Kier alpha value is -0.0600. The molecule has 1 unspecified atom stereocenters.